The van der Waals surface area contributed by atoms with Crippen molar-refractivity contribution in [2.24, 2.45) is 0 Å². The van der Waals surface area contributed by atoms with Crippen LogP contribution in [0.4, 0.5) is 0 Å². The Bertz CT molecular complexity index is 797. The zero-order chi connectivity index (χ0) is 14.3. The molecule has 0 atom stereocenters. The number of fused-ring (bicyclic) bond motifs is 1. The van der Waals surface area contributed by atoms with E-state index in [4.69, 9.17) is 13.6 Å². The molecular weight excluding hydrogens is 324 g/mol. The molecule has 4 nitrogen and oxygen atoms in total. The number of rotatable bonds is 3. The summed E-state index contributed by atoms with van der Waals surface area (Å²) in [5.74, 6) is 0.940. The smallest absolute Gasteiger partial charge is 0.263 e. The first-order chi connectivity index (χ1) is 9.60. The number of carbonyl (C=O) groups is 1. The summed E-state index contributed by atoms with van der Waals surface area (Å²) in [4.78, 5) is 12.4. The van der Waals surface area contributed by atoms with E-state index >= 15 is 0 Å². The van der Waals surface area contributed by atoms with Crippen molar-refractivity contribution in [2.45, 2.75) is 6.92 Å². The molecule has 0 unspecified atom stereocenters. The van der Waals surface area contributed by atoms with Crippen LogP contribution in [-0.4, -0.2) is 12.9 Å². The molecule has 5 heteroatoms. The van der Waals surface area contributed by atoms with Crippen LogP contribution in [0.2, 0.25) is 0 Å². The fourth-order valence-electron chi connectivity index (χ4n) is 2.10. The van der Waals surface area contributed by atoms with Gasteiger partial charge in [-0.25, -0.2) is 0 Å². The second-order valence-corrected chi connectivity index (χ2v) is 5.13. The summed E-state index contributed by atoms with van der Waals surface area (Å²) in [7, 11) is 1.59. The van der Waals surface area contributed by atoms with Crippen molar-refractivity contribution in [2.75, 3.05) is 7.11 Å². The summed E-state index contributed by atoms with van der Waals surface area (Å²) in [6.07, 6.45) is 0. The van der Waals surface area contributed by atoms with Gasteiger partial charge in [0.25, 0.3) is 5.78 Å². The van der Waals surface area contributed by atoms with Crippen molar-refractivity contribution in [3.63, 3.8) is 0 Å². The quantitative estimate of drug-likeness (QED) is 0.668. The van der Waals surface area contributed by atoms with Gasteiger partial charge in [0.1, 0.15) is 11.3 Å². The first-order valence-electron chi connectivity index (χ1n) is 5.97. The van der Waals surface area contributed by atoms with Crippen LogP contribution in [0.3, 0.4) is 0 Å². The molecule has 102 valence electrons. The second kappa shape index (κ2) is 4.83. The maximum absolute atomic E-state index is 12.4. The van der Waals surface area contributed by atoms with Gasteiger partial charge in [0.2, 0.25) is 0 Å². The van der Waals surface area contributed by atoms with Gasteiger partial charge in [-0.2, -0.15) is 0 Å². The largest absolute Gasteiger partial charge is 0.497 e. The molecule has 0 aliphatic carbocycles. The summed E-state index contributed by atoms with van der Waals surface area (Å²) in [6.45, 7) is 1.85. The Balaban J connectivity index is 2.12. The summed E-state index contributed by atoms with van der Waals surface area (Å²) in [6, 6.07) is 8.76. The van der Waals surface area contributed by atoms with Crippen LogP contribution in [0.15, 0.2) is 43.8 Å². The van der Waals surface area contributed by atoms with E-state index in [9.17, 15) is 4.79 Å². The van der Waals surface area contributed by atoms with E-state index in [0.717, 1.165) is 10.9 Å². The Morgan fingerprint density at radius 3 is 2.65 bits per heavy atom. The number of aryl methyl sites for hydroxylation is 1. The van der Waals surface area contributed by atoms with Crippen LogP contribution < -0.4 is 4.74 Å². The predicted molar refractivity (Wildman–Crippen MR) is 77.3 cm³/mol. The minimum absolute atomic E-state index is 0.242. The van der Waals surface area contributed by atoms with E-state index in [2.05, 4.69) is 15.9 Å². The Morgan fingerprint density at radius 1 is 1.20 bits per heavy atom. The van der Waals surface area contributed by atoms with E-state index in [1.54, 1.807) is 25.3 Å². The normalized spacial score (nSPS) is 10.9. The van der Waals surface area contributed by atoms with Crippen LogP contribution in [-0.2, 0) is 0 Å². The molecule has 3 aromatic rings. The molecule has 0 aliphatic rings. The monoisotopic (exact) mass is 334 g/mol. The molecule has 2 heterocycles. The molecule has 0 aliphatic heterocycles. The SMILES string of the molecule is COc1ccc2c(C)c(C(=O)c3ccc(Br)o3)oc2c1. The third kappa shape index (κ3) is 2.04. The van der Waals surface area contributed by atoms with Gasteiger partial charge in [0, 0.05) is 17.0 Å². The lowest BCUT2D eigenvalue weighted by Crippen LogP contribution is -1.99. The van der Waals surface area contributed by atoms with Crippen molar-refractivity contribution < 1.29 is 18.4 Å². The Kier molecular flexibility index (Phi) is 3.14. The number of methoxy groups -OCH3 is 1. The third-order valence-corrected chi connectivity index (χ3v) is 3.57. The maximum Gasteiger partial charge on any atom is 0.263 e. The van der Waals surface area contributed by atoms with Gasteiger partial charge >= 0.3 is 0 Å². The standard InChI is InChI=1S/C15H11BrO4/c1-8-10-4-3-9(18-2)7-12(10)20-15(8)14(17)11-5-6-13(16)19-11/h3-7H,1-2H3. The maximum atomic E-state index is 12.4. The predicted octanol–water partition coefficient (Wildman–Crippen LogP) is 4.34. The zero-order valence-electron chi connectivity index (χ0n) is 10.9. The molecule has 20 heavy (non-hydrogen) atoms. The number of furan rings is 2. The fourth-order valence-corrected chi connectivity index (χ4v) is 2.40. The molecule has 0 amide bonds. The minimum Gasteiger partial charge on any atom is -0.497 e. The van der Waals surface area contributed by atoms with Gasteiger partial charge in [-0.1, -0.05) is 0 Å². The lowest BCUT2D eigenvalue weighted by atomic mass is 10.1. The van der Waals surface area contributed by atoms with Crippen LogP contribution in [0.25, 0.3) is 11.0 Å². The van der Waals surface area contributed by atoms with Crippen molar-refractivity contribution in [3.05, 3.63) is 52.1 Å². The number of benzene rings is 1. The van der Waals surface area contributed by atoms with Crippen molar-refractivity contribution in [3.8, 4) is 5.75 Å². The average Bonchev–Trinajstić information content (AvgIpc) is 3.02. The summed E-state index contributed by atoms with van der Waals surface area (Å²) < 4.78 is 16.6. The highest BCUT2D eigenvalue weighted by molar-refractivity contribution is 9.10. The molecule has 2 aromatic heterocycles. The zero-order valence-corrected chi connectivity index (χ0v) is 12.5. The Labute approximate surface area is 123 Å². The lowest BCUT2D eigenvalue weighted by Gasteiger charge is -1.97. The van der Waals surface area contributed by atoms with Crippen LogP contribution in [0.1, 0.15) is 21.9 Å². The second-order valence-electron chi connectivity index (χ2n) is 4.35. The van der Waals surface area contributed by atoms with E-state index in [1.165, 1.54) is 0 Å². The highest BCUT2D eigenvalue weighted by atomic mass is 79.9. The van der Waals surface area contributed by atoms with Crippen LogP contribution >= 0.6 is 15.9 Å². The molecule has 3 rings (SSSR count). The first-order valence-corrected chi connectivity index (χ1v) is 6.76. The van der Waals surface area contributed by atoms with E-state index in [0.29, 0.717) is 16.0 Å². The Hall–Kier alpha value is -2.01. The van der Waals surface area contributed by atoms with E-state index < -0.39 is 0 Å². The topological polar surface area (TPSA) is 52.6 Å². The van der Waals surface area contributed by atoms with Crippen molar-refractivity contribution in [1.29, 1.82) is 0 Å². The summed E-state index contributed by atoms with van der Waals surface area (Å²) >= 11 is 3.18. The number of hydrogen-bond acceptors (Lipinski definition) is 4. The molecule has 0 N–H and O–H groups in total. The van der Waals surface area contributed by atoms with Crippen molar-refractivity contribution in [1.82, 2.24) is 0 Å². The molecule has 1 aromatic carbocycles. The first kappa shape index (κ1) is 13.0. The molecule has 0 fully saturated rings. The van der Waals surface area contributed by atoms with Crippen LogP contribution in [0, 0.1) is 6.92 Å². The minimum atomic E-state index is -0.275. The van der Waals surface area contributed by atoms with Gasteiger partial charge < -0.3 is 13.6 Å². The number of hydrogen-bond donors (Lipinski definition) is 0. The molecule has 0 saturated carbocycles. The molecule has 0 radical (unpaired) electrons. The Morgan fingerprint density at radius 2 is 2.00 bits per heavy atom. The highest BCUT2D eigenvalue weighted by Gasteiger charge is 2.22. The summed E-state index contributed by atoms with van der Waals surface area (Å²) in [5.41, 5.74) is 1.41. The van der Waals surface area contributed by atoms with Gasteiger partial charge in [0.05, 0.1) is 7.11 Å². The summed E-state index contributed by atoms with van der Waals surface area (Å²) in [5, 5.41) is 0.889. The van der Waals surface area contributed by atoms with Gasteiger partial charge in [-0.15, -0.1) is 0 Å². The van der Waals surface area contributed by atoms with Crippen LogP contribution in [0.5, 0.6) is 5.75 Å². The van der Waals surface area contributed by atoms with Crippen molar-refractivity contribution >= 4 is 32.7 Å². The lowest BCUT2D eigenvalue weighted by molar-refractivity contribution is 0.0983. The molecule has 0 bridgehead atoms. The number of halogens is 1. The average molecular weight is 335 g/mol. The molecule has 0 spiro atoms. The third-order valence-electron chi connectivity index (χ3n) is 3.15. The van der Waals surface area contributed by atoms with E-state index in [1.807, 2.05) is 19.1 Å². The number of ketones is 1. The highest BCUT2D eigenvalue weighted by Crippen LogP contribution is 2.30. The number of ether oxygens (including phenoxy) is 1. The van der Waals surface area contributed by atoms with Gasteiger partial charge in [0.15, 0.2) is 16.2 Å². The van der Waals surface area contributed by atoms with E-state index in [-0.39, 0.29) is 17.3 Å². The number of carbonyl (C=O) groups excluding carboxylic acids is 1. The van der Waals surface area contributed by atoms with Gasteiger partial charge in [-0.05, 0) is 47.1 Å². The fraction of sp³-hybridized carbons (Fsp3) is 0.133. The molecular formula is C15H11BrO4. The molecule has 0 saturated heterocycles. The van der Waals surface area contributed by atoms with Gasteiger partial charge in [-0.3, -0.25) is 4.79 Å².